The average molecular weight is 271 g/mol. The molecule has 0 spiro atoms. The predicted octanol–water partition coefficient (Wildman–Crippen LogP) is 1.98. The van der Waals surface area contributed by atoms with Gasteiger partial charge in [-0.2, -0.15) is 0 Å². The number of aromatic nitrogens is 1. The fourth-order valence-corrected chi connectivity index (χ4v) is 2.97. The van der Waals surface area contributed by atoms with Crippen molar-refractivity contribution in [3.63, 3.8) is 0 Å². The van der Waals surface area contributed by atoms with Crippen LogP contribution in [0.2, 0.25) is 0 Å². The lowest BCUT2D eigenvalue weighted by Gasteiger charge is -2.16. The minimum absolute atomic E-state index is 0.0102. The summed E-state index contributed by atoms with van der Waals surface area (Å²) in [5.74, 6) is 0.648. The molecule has 0 saturated carbocycles. The van der Waals surface area contributed by atoms with E-state index in [1.54, 1.807) is 19.2 Å². The van der Waals surface area contributed by atoms with Gasteiger partial charge in [0, 0.05) is 19.3 Å². The van der Waals surface area contributed by atoms with E-state index in [0.29, 0.717) is 5.82 Å². The lowest BCUT2D eigenvalue weighted by atomic mass is 10.1. The number of anilines is 1. The molecule has 0 aliphatic heterocycles. The Bertz CT molecular complexity index is 457. The van der Waals surface area contributed by atoms with Gasteiger partial charge in [0.2, 0.25) is 10.0 Å². The number of nitrogens with zero attached hydrogens (tertiary/aromatic N) is 1. The molecule has 1 aromatic rings. The monoisotopic (exact) mass is 271 g/mol. The molecule has 1 heterocycles. The van der Waals surface area contributed by atoms with E-state index in [2.05, 4.69) is 15.0 Å². The van der Waals surface area contributed by atoms with Gasteiger partial charge in [-0.15, -0.1) is 0 Å². The maximum absolute atomic E-state index is 12.1. The maximum atomic E-state index is 12.1. The highest BCUT2D eigenvalue weighted by atomic mass is 32.2. The van der Waals surface area contributed by atoms with E-state index in [4.69, 9.17) is 0 Å². The van der Waals surface area contributed by atoms with Crippen LogP contribution in [0.25, 0.3) is 0 Å². The number of nitrogens with one attached hydrogen (secondary N) is 2. The van der Waals surface area contributed by atoms with Crippen LogP contribution in [-0.2, 0) is 10.0 Å². The van der Waals surface area contributed by atoms with Gasteiger partial charge in [0.05, 0.1) is 0 Å². The minimum Gasteiger partial charge on any atom is -0.373 e. The van der Waals surface area contributed by atoms with E-state index >= 15 is 0 Å². The van der Waals surface area contributed by atoms with Crippen molar-refractivity contribution in [1.82, 2.24) is 9.71 Å². The molecule has 0 aromatic carbocycles. The third-order valence-electron chi connectivity index (χ3n) is 2.75. The second-order valence-electron chi connectivity index (χ2n) is 4.14. The van der Waals surface area contributed by atoms with E-state index in [0.717, 1.165) is 19.3 Å². The van der Waals surface area contributed by atoms with Crippen molar-refractivity contribution >= 4 is 15.8 Å². The molecule has 102 valence electrons. The van der Waals surface area contributed by atoms with Crippen LogP contribution in [0.4, 0.5) is 5.82 Å². The third kappa shape index (κ3) is 3.96. The summed E-state index contributed by atoms with van der Waals surface area (Å²) in [6.45, 7) is 4.02. The Hall–Kier alpha value is -1.14. The number of hydrogen-bond donors (Lipinski definition) is 2. The first kappa shape index (κ1) is 14.9. The molecule has 0 radical (unpaired) electrons. The summed E-state index contributed by atoms with van der Waals surface area (Å²) >= 11 is 0. The van der Waals surface area contributed by atoms with Crippen molar-refractivity contribution in [2.75, 3.05) is 12.4 Å². The lowest BCUT2D eigenvalue weighted by Crippen LogP contribution is -2.34. The molecule has 18 heavy (non-hydrogen) atoms. The topological polar surface area (TPSA) is 71.1 Å². The Kier molecular flexibility index (Phi) is 5.55. The summed E-state index contributed by atoms with van der Waals surface area (Å²) in [4.78, 5) is 4.22. The van der Waals surface area contributed by atoms with Gasteiger partial charge in [0.15, 0.2) is 0 Å². The van der Waals surface area contributed by atoms with E-state index in [-0.39, 0.29) is 10.9 Å². The van der Waals surface area contributed by atoms with Crippen LogP contribution in [0.3, 0.4) is 0 Å². The predicted molar refractivity (Wildman–Crippen MR) is 73.1 cm³/mol. The van der Waals surface area contributed by atoms with Crippen LogP contribution in [-0.4, -0.2) is 26.5 Å². The van der Waals surface area contributed by atoms with Crippen molar-refractivity contribution in [2.24, 2.45) is 0 Å². The molecule has 5 nitrogen and oxygen atoms in total. The zero-order valence-corrected chi connectivity index (χ0v) is 11.9. The molecule has 1 aromatic heterocycles. The zero-order valence-electron chi connectivity index (χ0n) is 11.1. The van der Waals surface area contributed by atoms with Crippen molar-refractivity contribution in [3.05, 3.63) is 18.3 Å². The van der Waals surface area contributed by atoms with Gasteiger partial charge in [-0.05, 0) is 25.0 Å². The number of pyridine rings is 1. The molecule has 1 atom stereocenters. The van der Waals surface area contributed by atoms with Gasteiger partial charge in [-0.25, -0.2) is 18.1 Å². The number of sulfonamides is 1. The highest BCUT2D eigenvalue weighted by molar-refractivity contribution is 7.89. The van der Waals surface area contributed by atoms with Crippen molar-refractivity contribution < 1.29 is 8.42 Å². The second kappa shape index (κ2) is 6.70. The SMILES string of the molecule is CCCC(CC)NS(=O)(=O)c1ccc(NC)nc1. The first-order valence-electron chi connectivity index (χ1n) is 6.19. The van der Waals surface area contributed by atoms with Crippen molar-refractivity contribution in [2.45, 2.75) is 44.0 Å². The van der Waals surface area contributed by atoms with Crippen LogP contribution in [0.15, 0.2) is 23.2 Å². The Morgan fingerprint density at radius 2 is 2.06 bits per heavy atom. The molecular weight excluding hydrogens is 250 g/mol. The maximum Gasteiger partial charge on any atom is 0.242 e. The second-order valence-corrected chi connectivity index (χ2v) is 5.86. The molecule has 0 aliphatic carbocycles. The summed E-state index contributed by atoms with van der Waals surface area (Å²) in [5.41, 5.74) is 0. The first-order chi connectivity index (χ1) is 8.53. The van der Waals surface area contributed by atoms with Crippen LogP contribution < -0.4 is 10.0 Å². The molecule has 0 saturated heterocycles. The Balaban J connectivity index is 2.84. The van der Waals surface area contributed by atoms with Gasteiger partial charge in [-0.1, -0.05) is 20.3 Å². The summed E-state index contributed by atoms with van der Waals surface area (Å²) < 4.78 is 26.9. The minimum atomic E-state index is -3.46. The Morgan fingerprint density at radius 1 is 1.33 bits per heavy atom. The summed E-state index contributed by atoms with van der Waals surface area (Å²) in [5, 5.41) is 2.85. The molecular formula is C12H21N3O2S. The normalized spacial score (nSPS) is 13.3. The van der Waals surface area contributed by atoms with Crippen LogP contribution in [0.1, 0.15) is 33.1 Å². The summed E-state index contributed by atoms with van der Waals surface area (Å²) in [7, 11) is -1.72. The van der Waals surface area contributed by atoms with Crippen LogP contribution in [0, 0.1) is 0 Å². The molecule has 1 rings (SSSR count). The number of rotatable bonds is 7. The third-order valence-corrected chi connectivity index (χ3v) is 4.26. The fourth-order valence-electron chi connectivity index (χ4n) is 1.67. The smallest absolute Gasteiger partial charge is 0.242 e. The molecule has 0 aliphatic rings. The van der Waals surface area contributed by atoms with Crippen LogP contribution in [0.5, 0.6) is 0 Å². The molecule has 0 bridgehead atoms. The standard InChI is InChI=1S/C12H21N3O2S/c1-4-6-10(5-2)15-18(16,17)11-7-8-12(13-3)14-9-11/h7-10,15H,4-6H2,1-3H3,(H,13,14). The molecule has 1 unspecified atom stereocenters. The lowest BCUT2D eigenvalue weighted by molar-refractivity contribution is 0.512. The van der Waals surface area contributed by atoms with E-state index < -0.39 is 10.0 Å². The molecule has 2 N–H and O–H groups in total. The summed E-state index contributed by atoms with van der Waals surface area (Å²) in [6.07, 6.45) is 3.96. The largest absolute Gasteiger partial charge is 0.373 e. The average Bonchev–Trinajstić information content (AvgIpc) is 2.38. The van der Waals surface area contributed by atoms with E-state index in [1.807, 2.05) is 13.8 Å². The Labute approximate surface area is 109 Å². The van der Waals surface area contributed by atoms with E-state index in [9.17, 15) is 8.42 Å². The fraction of sp³-hybridized carbons (Fsp3) is 0.583. The zero-order chi connectivity index (χ0) is 13.6. The quantitative estimate of drug-likeness (QED) is 0.795. The van der Waals surface area contributed by atoms with Gasteiger partial charge in [0.25, 0.3) is 0 Å². The molecule has 0 amide bonds. The summed E-state index contributed by atoms with van der Waals surface area (Å²) in [6, 6.07) is 3.19. The van der Waals surface area contributed by atoms with E-state index in [1.165, 1.54) is 6.20 Å². The highest BCUT2D eigenvalue weighted by Gasteiger charge is 2.18. The molecule has 0 fully saturated rings. The van der Waals surface area contributed by atoms with Gasteiger partial charge < -0.3 is 5.32 Å². The van der Waals surface area contributed by atoms with Gasteiger partial charge in [-0.3, -0.25) is 0 Å². The van der Waals surface area contributed by atoms with Gasteiger partial charge >= 0.3 is 0 Å². The first-order valence-corrected chi connectivity index (χ1v) is 7.68. The molecule has 6 heteroatoms. The number of hydrogen-bond acceptors (Lipinski definition) is 4. The van der Waals surface area contributed by atoms with Gasteiger partial charge in [0.1, 0.15) is 10.7 Å². The highest BCUT2D eigenvalue weighted by Crippen LogP contribution is 2.12. The van der Waals surface area contributed by atoms with Crippen molar-refractivity contribution in [3.8, 4) is 0 Å². The van der Waals surface area contributed by atoms with Crippen molar-refractivity contribution in [1.29, 1.82) is 0 Å². The van der Waals surface area contributed by atoms with Crippen LogP contribution >= 0.6 is 0 Å². The Morgan fingerprint density at radius 3 is 2.50 bits per heavy atom.